The molecule has 32 heavy (non-hydrogen) atoms. The molecule has 1 N–H and O–H groups in total. The third-order valence-corrected chi connectivity index (χ3v) is 4.79. The Hall–Kier alpha value is -3.80. The van der Waals surface area contributed by atoms with E-state index in [0.29, 0.717) is 12.4 Å². The van der Waals surface area contributed by atoms with Gasteiger partial charge in [0, 0.05) is 0 Å². The minimum Gasteiger partial charge on any atom is -0.504 e. The van der Waals surface area contributed by atoms with Crippen molar-refractivity contribution in [3.63, 3.8) is 0 Å². The summed E-state index contributed by atoms with van der Waals surface area (Å²) in [4.78, 5) is 24.5. The Morgan fingerprint density at radius 1 is 1.06 bits per heavy atom. The molecule has 0 saturated heterocycles. The summed E-state index contributed by atoms with van der Waals surface area (Å²) in [5.41, 5.74) is 1.98. The first-order chi connectivity index (χ1) is 15.3. The number of aromatic hydroxyl groups is 1. The number of benzene rings is 2. The summed E-state index contributed by atoms with van der Waals surface area (Å²) in [5.74, 6) is -1.32. The average molecular weight is 434 g/mol. The van der Waals surface area contributed by atoms with Crippen molar-refractivity contribution in [2.24, 2.45) is 0 Å². The number of rotatable bonds is 8. The van der Waals surface area contributed by atoms with Crippen LogP contribution in [0.2, 0.25) is 0 Å². The van der Waals surface area contributed by atoms with Crippen LogP contribution in [-0.4, -0.2) is 17.7 Å². The molecule has 0 atom stereocenters. The molecule has 0 aliphatic heterocycles. The van der Waals surface area contributed by atoms with Gasteiger partial charge in [-0.1, -0.05) is 35.4 Å². The highest BCUT2D eigenvalue weighted by Crippen LogP contribution is 2.34. The Bertz CT molecular complexity index is 1210. The topological polar surface area (TPSA) is 86.0 Å². The van der Waals surface area contributed by atoms with Gasteiger partial charge in [0.15, 0.2) is 5.75 Å². The lowest BCUT2D eigenvalue weighted by Crippen LogP contribution is -2.14. The molecule has 3 rings (SSSR count). The van der Waals surface area contributed by atoms with Crippen LogP contribution in [0.3, 0.4) is 0 Å². The second-order valence-corrected chi connectivity index (χ2v) is 7.66. The summed E-state index contributed by atoms with van der Waals surface area (Å²) in [6.07, 6.45) is 6.13. The lowest BCUT2D eigenvalue weighted by atomic mass is 10.1. The lowest BCUT2D eigenvalue weighted by molar-refractivity contribution is 0.0723. The number of esters is 1. The molecule has 0 aliphatic carbocycles. The van der Waals surface area contributed by atoms with Crippen molar-refractivity contribution < 1.29 is 23.8 Å². The SMILES string of the molecule is CC(C)=CCC/C(C)=C/COc1ccc2oc(=O)c(OC(=O)c3ccccc3)c(O)c2c1. The lowest BCUT2D eigenvalue weighted by Gasteiger charge is -2.09. The third-order valence-electron chi connectivity index (χ3n) is 4.79. The van der Waals surface area contributed by atoms with Gasteiger partial charge in [0.05, 0.1) is 10.9 Å². The Kier molecular flexibility index (Phi) is 7.49. The van der Waals surface area contributed by atoms with E-state index in [1.54, 1.807) is 42.5 Å². The predicted octanol–water partition coefficient (Wildman–Crippen LogP) is 5.79. The summed E-state index contributed by atoms with van der Waals surface area (Å²) in [6.45, 7) is 6.57. The van der Waals surface area contributed by atoms with Gasteiger partial charge in [0.25, 0.3) is 5.75 Å². The van der Waals surface area contributed by atoms with Gasteiger partial charge in [0.2, 0.25) is 0 Å². The van der Waals surface area contributed by atoms with Crippen molar-refractivity contribution in [1.29, 1.82) is 0 Å². The van der Waals surface area contributed by atoms with E-state index in [0.717, 1.165) is 12.8 Å². The minimum atomic E-state index is -0.942. The van der Waals surface area contributed by atoms with Gasteiger partial charge in [-0.25, -0.2) is 9.59 Å². The molecular formula is C26H26O6. The van der Waals surface area contributed by atoms with Crippen molar-refractivity contribution in [3.8, 4) is 17.2 Å². The summed E-state index contributed by atoms with van der Waals surface area (Å²) in [7, 11) is 0. The Morgan fingerprint density at radius 2 is 1.81 bits per heavy atom. The zero-order valence-electron chi connectivity index (χ0n) is 18.4. The number of allylic oxidation sites excluding steroid dienone is 3. The smallest absolute Gasteiger partial charge is 0.383 e. The molecule has 0 aliphatic rings. The van der Waals surface area contributed by atoms with E-state index in [9.17, 15) is 14.7 Å². The maximum Gasteiger partial charge on any atom is 0.383 e. The zero-order chi connectivity index (χ0) is 23.1. The second kappa shape index (κ2) is 10.5. The third kappa shape index (κ3) is 5.88. The molecule has 1 heterocycles. The number of fused-ring (bicyclic) bond motifs is 1. The van der Waals surface area contributed by atoms with Gasteiger partial charge < -0.3 is 19.0 Å². The van der Waals surface area contributed by atoms with Crippen molar-refractivity contribution >= 4 is 16.9 Å². The normalized spacial score (nSPS) is 11.3. The van der Waals surface area contributed by atoms with Crippen LogP contribution in [0.25, 0.3) is 11.0 Å². The van der Waals surface area contributed by atoms with Gasteiger partial charge >= 0.3 is 11.6 Å². The number of carbonyl (C=O) groups excluding carboxylic acids is 1. The summed E-state index contributed by atoms with van der Waals surface area (Å²) in [6, 6.07) is 12.9. The standard InChI is InChI=1S/C26H26O6/c1-17(2)8-7-9-18(3)14-15-30-20-12-13-22-21(16-20)23(27)24(26(29)31-22)32-25(28)19-10-5-4-6-11-19/h4-6,8,10-14,16,27H,7,9,15H2,1-3H3/b18-14+. The Morgan fingerprint density at radius 3 is 2.53 bits per heavy atom. The maximum absolute atomic E-state index is 12.3. The van der Waals surface area contributed by atoms with E-state index in [1.807, 2.05) is 6.08 Å². The summed E-state index contributed by atoms with van der Waals surface area (Å²) in [5, 5.41) is 10.8. The van der Waals surface area contributed by atoms with E-state index in [1.165, 1.54) is 17.2 Å². The van der Waals surface area contributed by atoms with E-state index >= 15 is 0 Å². The highest BCUT2D eigenvalue weighted by Gasteiger charge is 2.20. The second-order valence-electron chi connectivity index (χ2n) is 7.66. The van der Waals surface area contributed by atoms with Gasteiger partial charge in [0.1, 0.15) is 17.9 Å². The Labute approximate surface area is 186 Å². The first kappa shape index (κ1) is 22.9. The number of carbonyl (C=O) groups is 1. The number of hydrogen-bond donors (Lipinski definition) is 1. The maximum atomic E-state index is 12.3. The van der Waals surface area contributed by atoms with E-state index in [4.69, 9.17) is 13.9 Å². The molecule has 0 radical (unpaired) electrons. The van der Waals surface area contributed by atoms with Crippen LogP contribution in [0.1, 0.15) is 44.0 Å². The molecule has 0 unspecified atom stereocenters. The number of ether oxygens (including phenoxy) is 2. The van der Waals surface area contributed by atoms with Crippen LogP contribution in [0.4, 0.5) is 0 Å². The highest BCUT2D eigenvalue weighted by atomic mass is 16.6. The molecule has 0 bridgehead atoms. The van der Waals surface area contributed by atoms with E-state index < -0.39 is 23.1 Å². The zero-order valence-corrected chi connectivity index (χ0v) is 18.4. The molecule has 0 fully saturated rings. The van der Waals surface area contributed by atoms with Crippen LogP contribution >= 0.6 is 0 Å². The predicted molar refractivity (Wildman–Crippen MR) is 123 cm³/mol. The number of hydrogen-bond acceptors (Lipinski definition) is 6. The van der Waals surface area contributed by atoms with Crippen LogP contribution in [0.5, 0.6) is 17.2 Å². The summed E-state index contributed by atoms with van der Waals surface area (Å²) < 4.78 is 16.1. The first-order valence-corrected chi connectivity index (χ1v) is 10.3. The van der Waals surface area contributed by atoms with Crippen LogP contribution in [0, 0.1) is 0 Å². The molecule has 2 aromatic carbocycles. The average Bonchev–Trinajstić information content (AvgIpc) is 2.77. The van der Waals surface area contributed by atoms with Crippen molar-refractivity contribution in [3.05, 3.63) is 87.8 Å². The molecule has 0 spiro atoms. The molecule has 1 aromatic heterocycles. The molecule has 0 saturated carbocycles. The van der Waals surface area contributed by atoms with Gasteiger partial charge in [-0.2, -0.15) is 0 Å². The highest BCUT2D eigenvalue weighted by molar-refractivity contribution is 5.93. The molecule has 6 nitrogen and oxygen atoms in total. The molecule has 0 amide bonds. The van der Waals surface area contributed by atoms with E-state index in [-0.39, 0.29) is 16.5 Å². The van der Waals surface area contributed by atoms with Gasteiger partial charge in [-0.05, 0) is 70.0 Å². The van der Waals surface area contributed by atoms with Gasteiger partial charge in [-0.15, -0.1) is 0 Å². The van der Waals surface area contributed by atoms with Gasteiger partial charge in [-0.3, -0.25) is 0 Å². The minimum absolute atomic E-state index is 0.160. The van der Waals surface area contributed by atoms with Crippen molar-refractivity contribution in [2.75, 3.05) is 6.61 Å². The van der Waals surface area contributed by atoms with Crippen LogP contribution in [0.15, 0.2) is 81.0 Å². The Balaban J connectivity index is 1.76. The molecule has 3 aromatic rings. The monoisotopic (exact) mass is 434 g/mol. The fraction of sp³-hybridized carbons (Fsp3) is 0.231. The molecule has 166 valence electrons. The summed E-state index contributed by atoms with van der Waals surface area (Å²) >= 11 is 0. The van der Waals surface area contributed by atoms with E-state index in [2.05, 4.69) is 26.8 Å². The van der Waals surface area contributed by atoms with Crippen molar-refractivity contribution in [2.45, 2.75) is 33.6 Å². The largest absolute Gasteiger partial charge is 0.504 e. The van der Waals surface area contributed by atoms with Crippen LogP contribution in [-0.2, 0) is 0 Å². The molecular weight excluding hydrogens is 408 g/mol. The van der Waals surface area contributed by atoms with Crippen molar-refractivity contribution in [1.82, 2.24) is 0 Å². The fourth-order valence-corrected chi connectivity index (χ4v) is 3.02. The fourth-order valence-electron chi connectivity index (χ4n) is 3.02. The first-order valence-electron chi connectivity index (χ1n) is 10.3. The molecule has 6 heteroatoms. The quantitative estimate of drug-likeness (QED) is 0.274. The van der Waals surface area contributed by atoms with Crippen LogP contribution < -0.4 is 15.1 Å².